The number of aliphatic hydroxyl groups excluding tert-OH is 1. The third-order valence-corrected chi connectivity index (χ3v) is 5.43. The number of hydrogen-bond acceptors (Lipinski definition) is 4. The van der Waals surface area contributed by atoms with E-state index < -0.39 is 6.10 Å². The number of aliphatic hydroxyl groups is 1. The summed E-state index contributed by atoms with van der Waals surface area (Å²) in [5.74, 6) is -0.176. The van der Waals surface area contributed by atoms with Gasteiger partial charge in [-0.25, -0.2) is 0 Å². The minimum atomic E-state index is -0.405. The molecule has 6 heteroatoms. The predicted octanol–water partition coefficient (Wildman–Crippen LogP) is 2.07. The van der Waals surface area contributed by atoms with Crippen LogP contribution in [0, 0.1) is 5.92 Å². The Morgan fingerprint density at radius 2 is 1.73 bits per heavy atom. The van der Waals surface area contributed by atoms with Gasteiger partial charge in [0.05, 0.1) is 17.2 Å². The van der Waals surface area contributed by atoms with Crippen LogP contribution in [0.15, 0.2) is 24.3 Å². The van der Waals surface area contributed by atoms with Crippen LogP contribution in [-0.4, -0.2) is 58.4 Å². The van der Waals surface area contributed by atoms with Gasteiger partial charge in [-0.3, -0.25) is 19.3 Å². The maximum absolute atomic E-state index is 12.3. The van der Waals surface area contributed by atoms with Crippen molar-refractivity contribution in [2.75, 3.05) is 19.6 Å². The van der Waals surface area contributed by atoms with E-state index in [1.54, 1.807) is 29.2 Å². The summed E-state index contributed by atoms with van der Waals surface area (Å²) in [5.41, 5.74) is 0.955. The monoisotopic (exact) mass is 358 g/mol. The molecule has 1 saturated heterocycles. The van der Waals surface area contributed by atoms with Gasteiger partial charge in [-0.05, 0) is 31.4 Å². The molecule has 2 unspecified atom stereocenters. The van der Waals surface area contributed by atoms with Gasteiger partial charge < -0.3 is 10.0 Å². The van der Waals surface area contributed by atoms with E-state index in [1.807, 2.05) is 6.92 Å². The lowest BCUT2D eigenvalue weighted by Crippen LogP contribution is -2.31. The van der Waals surface area contributed by atoms with E-state index in [-0.39, 0.29) is 23.6 Å². The molecule has 3 amide bonds. The molecule has 1 aromatic carbocycles. The van der Waals surface area contributed by atoms with Crippen molar-refractivity contribution in [3.05, 3.63) is 35.4 Å². The summed E-state index contributed by atoms with van der Waals surface area (Å²) in [6.45, 7) is 3.50. The third kappa shape index (κ3) is 3.65. The molecule has 0 aromatic heterocycles. The molecule has 6 nitrogen and oxygen atoms in total. The highest BCUT2D eigenvalue weighted by Crippen LogP contribution is 2.23. The Bertz CT molecular complexity index is 668. The van der Waals surface area contributed by atoms with Crippen molar-refractivity contribution in [1.82, 2.24) is 9.80 Å². The molecule has 0 saturated carbocycles. The first-order chi connectivity index (χ1) is 12.5. The fourth-order valence-corrected chi connectivity index (χ4v) is 3.78. The summed E-state index contributed by atoms with van der Waals surface area (Å²) >= 11 is 0. The highest BCUT2D eigenvalue weighted by atomic mass is 16.3. The van der Waals surface area contributed by atoms with Gasteiger partial charge in [0, 0.05) is 32.0 Å². The van der Waals surface area contributed by atoms with E-state index in [4.69, 9.17) is 0 Å². The average Bonchev–Trinajstić information content (AvgIpc) is 3.14. The highest BCUT2D eigenvalue weighted by molar-refractivity contribution is 6.21. The van der Waals surface area contributed by atoms with Gasteiger partial charge >= 0.3 is 0 Å². The number of benzene rings is 1. The number of nitrogens with zero attached hydrogens (tertiary/aromatic N) is 2. The fourth-order valence-electron chi connectivity index (χ4n) is 3.78. The van der Waals surface area contributed by atoms with Gasteiger partial charge in [0.25, 0.3) is 11.8 Å². The molecule has 2 aliphatic rings. The summed E-state index contributed by atoms with van der Waals surface area (Å²) in [7, 11) is 0. The lowest BCUT2D eigenvalue weighted by Gasteiger charge is -2.16. The maximum atomic E-state index is 12.3. The molecular weight excluding hydrogens is 332 g/mol. The normalized spacial score (nSPS) is 22.2. The maximum Gasteiger partial charge on any atom is 0.261 e. The van der Waals surface area contributed by atoms with Gasteiger partial charge in [0.2, 0.25) is 5.91 Å². The number of amides is 3. The lowest BCUT2D eigenvalue weighted by molar-refractivity contribution is -0.130. The minimum absolute atomic E-state index is 0.0840. The van der Waals surface area contributed by atoms with Crippen molar-refractivity contribution in [3.8, 4) is 0 Å². The molecule has 1 fully saturated rings. The largest absolute Gasteiger partial charge is 0.391 e. The van der Waals surface area contributed by atoms with Crippen molar-refractivity contribution in [1.29, 1.82) is 0 Å². The standard InChI is InChI=1S/C20H26N2O4/c1-2-14-12-21(13-17(14)23)18(24)10-4-3-7-11-22-19(25)15-8-5-6-9-16(15)20(22)26/h5-6,8-9,14,17,23H,2-4,7,10-13H2,1H3. The van der Waals surface area contributed by atoms with Gasteiger partial charge in [-0.15, -0.1) is 0 Å². The molecule has 140 valence electrons. The van der Waals surface area contributed by atoms with Crippen LogP contribution in [0.3, 0.4) is 0 Å². The first-order valence-corrected chi connectivity index (χ1v) is 9.44. The summed E-state index contributed by atoms with van der Waals surface area (Å²) in [6.07, 6.45) is 3.13. The Morgan fingerprint density at radius 1 is 1.08 bits per heavy atom. The number of β-amino-alcohol motifs (C(OH)–C–C–N with tert-alkyl or cyclic N) is 1. The molecule has 2 heterocycles. The van der Waals surface area contributed by atoms with Gasteiger partial charge in [-0.2, -0.15) is 0 Å². The number of imide groups is 1. The number of rotatable bonds is 7. The molecule has 1 N–H and O–H groups in total. The van der Waals surface area contributed by atoms with Gasteiger partial charge in [0.15, 0.2) is 0 Å². The second-order valence-corrected chi connectivity index (χ2v) is 7.15. The Hall–Kier alpha value is -2.21. The van der Waals surface area contributed by atoms with Crippen LogP contribution >= 0.6 is 0 Å². The van der Waals surface area contributed by atoms with Gasteiger partial charge in [-0.1, -0.05) is 25.5 Å². The molecule has 0 spiro atoms. The van der Waals surface area contributed by atoms with Crippen LogP contribution < -0.4 is 0 Å². The van der Waals surface area contributed by atoms with E-state index in [9.17, 15) is 19.5 Å². The van der Waals surface area contributed by atoms with Crippen LogP contribution in [-0.2, 0) is 4.79 Å². The van der Waals surface area contributed by atoms with Crippen molar-refractivity contribution < 1.29 is 19.5 Å². The highest BCUT2D eigenvalue weighted by Gasteiger charge is 2.34. The van der Waals surface area contributed by atoms with E-state index in [1.165, 1.54) is 4.90 Å². The molecule has 2 aliphatic heterocycles. The fraction of sp³-hybridized carbons (Fsp3) is 0.550. The first kappa shape index (κ1) is 18.6. The van der Waals surface area contributed by atoms with Crippen molar-refractivity contribution in [3.63, 3.8) is 0 Å². The Labute approximate surface area is 153 Å². The Morgan fingerprint density at radius 3 is 2.31 bits per heavy atom. The molecular formula is C20H26N2O4. The Kier molecular flexibility index (Phi) is 5.71. The van der Waals surface area contributed by atoms with Crippen LogP contribution in [0.4, 0.5) is 0 Å². The average molecular weight is 358 g/mol. The third-order valence-electron chi connectivity index (χ3n) is 5.43. The smallest absolute Gasteiger partial charge is 0.261 e. The summed E-state index contributed by atoms with van der Waals surface area (Å²) in [4.78, 5) is 39.8. The minimum Gasteiger partial charge on any atom is -0.391 e. The van der Waals surface area contributed by atoms with Crippen LogP contribution in [0.2, 0.25) is 0 Å². The van der Waals surface area contributed by atoms with E-state index in [0.717, 1.165) is 19.3 Å². The number of likely N-dealkylation sites (tertiary alicyclic amines) is 1. The summed E-state index contributed by atoms with van der Waals surface area (Å²) < 4.78 is 0. The number of carbonyl (C=O) groups is 3. The molecule has 3 rings (SSSR count). The SMILES string of the molecule is CCC1CN(C(=O)CCCCCN2C(=O)c3ccccc3C2=O)CC1O. The quantitative estimate of drug-likeness (QED) is 0.598. The summed E-state index contributed by atoms with van der Waals surface area (Å²) in [5, 5.41) is 9.90. The molecule has 0 radical (unpaired) electrons. The molecule has 0 aliphatic carbocycles. The van der Waals surface area contributed by atoms with E-state index in [2.05, 4.69) is 0 Å². The summed E-state index contributed by atoms with van der Waals surface area (Å²) in [6, 6.07) is 6.89. The lowest BCUT2D eigenvalue weighted by atomic mass is 10.0. The van der Waals surface area contributed by atoms with Crippen molar-refractivity contribution in [2.45, 2.75) is 45.1 Å². The zero-order chi connectivity index (χ0) is 18.7. The van der Waals surface area contributed by atoms with E-state index >= 15 is 0 Å². The second kappa shape index (κ2) is 7.99. The second-order valence-electron chi connectivity index (χ2n) is 7.15. The molecule has 0 bridgehead atoms. The topological polar surface area (TPSA) is 77.9 Å². The van der Waals surface area contributed by atoms with Crippen LogP contribution in [0.25, 0.3) is 0 Å². The van der Waals surface area contributed by atoms with Crippen LogP contribution in [0.1, 0.15) is 59.7 Å². The number of carbonyl (C=O) groups excluding carboxylic acids is 3. The number of fused-ring (bicyclic) bond motifs is 1. The zero-order valence-electron chi connectivity index (χ0n) is 15.2. The molecule has 26 heavy (non-hydrogen) atoms. The molecule has 1 aromatic rings. The van der Waals surface area contributed by atoms with Crippen LogP contribution in [0.5, 0.6) is 0 Å². The number of unbranched alkanes of at least 4 members (excludes halogenated alkanes) is 2. The van der Waals surface area contributed by atoms with Crippen molar-refractivity contribution >= 4 is 17.7 Å². The number of hydrogen-bond donors (Lipinski definition) is 1. The Balaban J connectivity index is 1.38. The van der Waals surface area contributed by atoms with E-state index in [0.29, 0.717) is 43.6 Å². The zero-order valence-corrected chi connectivity index (χ0v) is 15.2. The van der Waals surface area contributed by atoms with Gasteiger partial charge in [0.1, 0.15) is 0 Å². The predicted molar refractivity (Wildman–Crippen MR) is 96.6 cm³/mol. The first-order valence-electron chi connectivity index (χ1n) is 9.44. The molecule has 2 atom stereocenters. The van der Waals surface area contributed by atoms with Crippen molar-refractivity contribution in [2.24, 2.45) is 5.92 Å².